The van der Waals surface area contributed by atoms with Gasteiger partial charge < -0.3 is 18.6 Å². The first-order valence-corrected chi connectivity index (χ1v) is 9.05. The Labute approximate surface area is 171 Å². The van der Waals surface area contributed by atoms with Gasteiger partial charge in [0.1, 0.15) is 11.5 Å². The van der Waals surface area contributed by atoms with Crippen LogP contribution in [0.4, 0.5) is 5.69 Å². The van der Waals surface area contributed by atoms with E-state index in [9.17, 15) is 14.9 Å². The van der Waals surface area contributed by atoms with Gasteiger partial charge in [-0.05, 0) is 42.8 Å². The third-order valence-electron chi connectivity index (χ3n) is 4.00. The van der Waals surface area contributed by atoms with Crippen LogP contribution < -0.4 is 9.47 Å². The Morgan fingerprint density at radius 1 is 1.07 bits per heavy atom. The molecule has 0 radical (unpaired) electrons. The van der Waals surface area contributed by atoms with Gasteiger partial charge in [-0.2, -0.15) is 0 Å². The van der Waals surface area contributed by atoms with E-state index in [2.05, 4.69) is 10.2 Å². The second kappa shape index (κ2) is 10.0. The van der Waals surface area contributed by atoms with Crippen LogP contribution in [0.3, 0.4) is 0 Å². The minimum atomic E-state index is -0.496. The molecular weight excluding hydrogens is 394 g/mol. The van der Waals surface area contributed by atoms with E-state index < -0.39 is 10.9 Å². The summed E-state index contributed by atoms with van der Waals surface area (Å²) >= 11 is 0. The third kappa shape index (κ3) is 5.77. The van der Waals surface area contributed by atoms with Crippen molar-refractivity contribution in [3.05, 3.63) is 64.5 Å². The zero-order chi connectivity index (χ0) is 21.3. The van der Waals surface area contributed by atoms with Gasteiger partial charge >= 0.3 is 5.97 Å². The SMILES string of the molecule is COc1ccc(OCCCC(=O)OCc2nnc(-c3ccc([N+](=O)[O-])cc3)o2)cc1. The zero-order valence-corrected chi connectivity index (χ0v) is 16.1. The van der Waals surface area contributed by atoms with E-state index >= 15 is 0 Å². The summed E-state index contributed by atoms with van der Waals surface area (Å²) < 4.78 is 21.2. The monoisotopic (exact) mass is 413 g/mol. The Morgan fingerprint density at radius 3 is 2.43 bits per heavy atom. The molecule has 1 aromatic heterocycles. The lowest BCUT2D eigenvalue weighted by atomic mass is 10.2. The third-order valence-corrected chi connectivity index (χ3v) is 4.00. The number of esters is 1. The van der Waals surface area contributed by atoms with Gasteiger partial charge in [-0.25, -0.2) is 0 Å². The molecule has 0 bridgehead atoms. The summed E-state index contributed by atoms with van der Waals surface area (Å²) in [6.45, 7) is 0.213. The molecule has 1 heterocycles. The minimum absolute atomic E-state index is 0.0385. The zero-order valence-electron chi connectivity index (χ0n) is 16.1. The number of nitrogens with zero attached hydrogens (tertiary/aromatic N) is 3. The summed E-state index contributed by atoms with van der Waals surface area (Å²) in [6, 6.07) is 12.8. The molecule has 3 rings (SSSR count). The molecular formula is C20H19N3O7. The van der Waals surface area contributed by atoms with Crippen LogP contribution >= 0.6 is 0 Å². The van der Waals surface area contributed by atoms with Gasteiger partial charge in [0.25, 0.3) is 11.6 Å². The van der Waals surface area contributed by atoms with Crippen LogP contribution in [-0.4, -0.2) is 34.8 Å². The first-order valence-electron chi connectivity index (χ1n) is 9.05. The number of hydrogen-bond donors (Lipinski definition) is 0. The molecule has 2 aromatic carbocycles. The normalized spacial score (nSPS) is 10.4. The van der Waals surface area contributed by atoms with Crippen LogP contribution in [0, 0.1) is 10.1 Å². The lowest BCUT2D eigenvalue weighted by Gasteiger charge is -2.07. The molecule has 0 aliphatic heterocycles. The van der Waals surface area contributed by atoms with Gasteiger partial charge in [0.15, 0.2) is 6.61 Å². The molecule has 30 heavy (non-hydrogen) atoms. The highest BCUT2D eigenvalue weighted by atomic mass is 16.6. The van der Waals surface area contributed by atoms with Crippen molar-refractivity contribution in [2.75, 3.05) is 13.7 Å². The molecule has 10 nitrogen and oxygen atoms in total. The number of aromatic nitrogens is 2. The second-order valence-corrected chi connectivity index (χ2v) is 6.09. The number of carbonyl (C=O) groups excluding carboxylic acids is 1. The fourth-order valence-corrected chi connectivity index (χ4v) is 2.45. The summed E-state index contributed by atoms with van der Waals surface area (Å²) in [7, 11) is 1.59. The molecule has 0 atom stereocenters. The Morgan fingerprint density at radius 2 is 1.77 bits per heavy atom. The maximum atomic E-state index is 11.8. The molecule has 0 N–H and O–H groups in total. The van der Waals surface area contributed by atoms with E-state index in [0.717, 1.165) is 5.75 Å². The summed E-state index contributed by atoms with van der Waals surface area (Å²) in [5.74, 6) is 1.33. The second-order valence-electron chi connectivity index (χ2n) is 6.09. The number of nitro benzene ring substituents is 1. The Hall–Kier alpha value is -3.95. The number of non-ortho nitro benzene ring substituents is 1. The summed E-state index contributed by atoms with van der Waals surface area (Å²) in [5.41, 5.74) is 0.491. The van der Waals surface area contributed by atoms with Crippen molar-refractivity contribution in [3.63, 3.8) is 0 Å². The number of nitro groups is 1. The number of hydrogen-bond acceptors (Lipinski definition) is 9. The van der Waals surface area contributed by atoms with Crippen molar-refractivity contribution in [1.82, 2.24) is 10.2 Å². The largest absolute Gasteiger partial charge is 0.497 e. The number of carbonyl (C=O) groups is 1. The summed E-state index contributed by atoms with van der Waals surface area (Å²) in [5, 5.41) is 18.3. The van der Waals surface area contributed by atoms with Crippen molar-refractivity contribution < 1.29 is 28.3 Å². The Kier molecular flexibility index (Phi) is 6.93. The maximum Gasteiger partial charge on any atom is 0.306 e. The number of benzene rings is 2. The summed E-state index contributed by atoms with van der Waals surface area (Å²) in [4.78, 5) is 22.0. The Balaban J connectivity index is 1.39. The smallest absolute Gasteiger partial charge is 0.306 e. The van der Waals surface area contributed by atoms with E-state index in [4.69, 9.17) is 18.6 Å². The summed E-state index contributed by atoms with van der Waals surface area (Å²) in [6.07, 6.45) is 0.669. The van der Waals surface area contributed by atoms with E-state index in [-0.39, 0.29) is 30.5 Å². The van der Waals surface area contributed by atoms with E-state index in [1.54, 1.807) is 31.4 Å². The maximum absolute atomic E-state index is 11.8. The van der Waals surface area contributed by atoms with E-state index in [0.29, 0.717) is 24.3 Å². The predicted molar refractivity (Wildman–Crippen MR) is 104 cm³/mol. The average Bonchev–Trinajstić information content (AvgIpc) is 3.25. The average molecular weight is 413 g/mol. The molecule has 0 fully saturated rings. The highest BCUT2D eigenvalue weighted by Crippen LogP contribution is 2.21. The van der Waals surface area contributed by atoms with E-state index in [1.165, 1.54) is 24.3 Å². The highest BCUT2D eigenvalue weighted by Gasteiger charge is 2.12. The minimum Gasteiger partial charge on any atom is -0.497 e. The van der Waals surface area contributed by atoms with Gasteiger partial charge in [0, 0.05) is 24.1 Å². The van der Waals surface area contributed by atoms with Crippen molar-refractivity contribution in [2.45, 2.75) is 19.4 Å². The van der Waals surface area contributed by atoms with Crippen molar-refractivity contribution in [1.29, 1.82) is 0 Å². The van der Waals surface area contributed by atoms with Gasteiger partial charge in [0.05, 0.1) is 18.6 Å². The molecule has 0 saturated carbocycles. The van der Waals surface area contributed by atoms with Crippen LogP contribution in [0.5, 0.6) is 11.5 Å². The molecule has 0 aliphatic carbocycles. The first-order chi connectivity index (χ1) is 14.5. The lowest BCUT2D eigenvalue weighted by molar-refractivity contribution is -0.384. The standard InChI is InChI=1S/C20H19N3O7/c1-27-16-8-10-17(11-9-16)28-12-2-3-19(24)29-13-18-21-22-20(30-18)14-4-6-15(7-5-14)23(25)26/h4-11H,2-3,12-13H2,1H3. The molecule has 0 spiro atoms. The van der Waals surface area contributed by atoms with Crippen molar-refractivity contribution >= 4 is 11.7 Å². The Bertz CT molecular complexity index is 984. The van der Waals surface area contributed by atoms with Gasteiger partial charge in [-0.3, -0.25) is 14.9 Å². The lowest BCUT2D eigenvalue weighted by Crippen LogP contribution is -2.07. The van der Waals surface area contributed by atoms with Crippen LogP contribution in [0.15, 0.2) is 52.9 Å². The number of rotatable bonds is 10. The highest BCUT2D eigenvalue weighted by molar-refractivity contribution is 5.69. The van der Waals surface area contributed by atoms with Crippen LogP contribution in [0.25, 0.3) is 11.5 Å². The fourth-order valence-electron chi connectivity index (χ4n) is 2.45. The number of methoxy groups -OCH3 is 1. The van der Waals surface area contributed by atoms with Crippen molar-refractivity contribution in [2.24, 2.45) is 0 Å². The van der Waals surface area contributed by atoms with Gasteiger partial charge in [-0.1, -0.05) is 0 Å². The predicted octanol–water partition coefficient (Wildman–Crippen LogP) is 3.56. The number of ether oxygens (including phenoxy) is 3. The molecule has 0 amide bonds. The van der Waals surface area contributed by atoms with Gasteiger partial charge in [0.2, 0.25) is 5.89 Å². The van der Waals surface area contributed by atoms with Crippen LogP contribution in [0.2, 0.25) is 0 Å². The fraction of sp³-hybridized carbons (Fsp3) is 0.250. The molecule has 156 valence electrons. The molecule has 0 unspecified atom stereocenters. The van der Waals surface area contributed by atoms with Crippen molar-refractivity contribution in [3.8, 4) is 23.0 Å². The van der Waals surface area contributed by atoms with Crippen LogP contribution in [-0.2, 0) is 16.1 Å². The van der Waals surface area contributed by atoms with Gasteiger partial charge in [-0.15, -0.1) is 10.2 Å². The molecule has 10 heteroatoms. The quantitative estimate of drug-likeness (QED) is 0.212. The molecule has 3 aromatic rings. The topological polar surface area (TPSA) is 127 Å². The molecule has 0 aliphatic rings. The first kappa shape index (κ1) is 20.8. The van der Waals surface area contributed by atoms with E-state index in [1.807, 2.05) is 0 Å². The van der Waals surface area contributed by atoms with Crippen LogP contribution in [0.1, 0.15) is 18.7 Å². The molecule has 0 saturated heterocycles.